The van der Waals surface area contributed by atoms with E-state index in [1.54, 1.807) is 6.33 Å². The minimum Gasteiger partial charge on any atom is -0.296 e. The highest BCUT2D eigenvalue weighted by molar-refractivity contribution is 6.98. The third kappa shape index (κ3) is 3.72. The smallest absolute Gasteiger partial charge is 0.251 e. The number of nitrogens with zero attached hydrogens (tertiary/aromatic N) is 3. The predicted molar refractivity (Wildman–Crippen MR) is 174 cm³/mol. The van der Waals surface area contributed by atoms with E-state index in [1.165, 1.54) is 57.2 Å². The SMILES string of the molecule is CC(C)(C)c1ccc(N2c3cc4c(cc3B3c5ccccc5C(C)(C)c5ncnc2c53)C(C)(C)CCC4(C)C)cc1. The standard InChI is InChI=1S/C37H42BN3/c1-34(2,3)23-14-16-24(17-15-23)41-30-21-27-26(35(4,5)18-19-36(27,6)7)20-29(30)38-28-13-11-10-12-25(28)37(8,9)32-31(38)33(41)40-22-39-32/h10-17,20-22H,18-19H2,1-9H3. The molecule has 3 aliphatic rings. The topological polar surface area (TPSA) is 29.0 Å². The fourth-order valence-corrected chi connectivity index (χ4v) is 7.78. The van der Waals surface area contributed by atoms with E-state index in [0.29, 0.717) is 0 Å². The zero-order chi connectivity index (χ0) is 29.1. The average Bonchev–Trinajstić information content (AvgIpc) is 2.92. The summed E-state index contributed by atoms with van der Waals surface area (Å²) >= 11 is 0. The van der Waals surface area contributed by atoms with Crippen molar-refractivity contribution in [3.63, 3.8) is 0 Å². The number of anilines is 3. The van der Waals surface area contributed by atoms with Crippen LogP contribution in [0.15, 0.2) is 67.0 Å². The zero-order valence-electron chi connectivity index (χ0n) is 26.2. The number of rotatable bonds is 1. The van der Waals surface area contributed by atoms with E-state index in [2.05, 4.69) is 128 Å². The van der Waals surface area contributed by atoms with Crippen molar-refractivity contribution in [3.8, 4) is 0 Å². The van der Waals surface area contributed by atoms with Crippen LogP contribution in [0.5, 0.6) is 0 Å². The van der Waals surface area contributed by atoms with Gasteiger partial charge in [-0.3, -0.25) is 4.90 Å². The highest BCUT2D eigenvalue weighted by Gasteiger charge is 2.49. The lowest BCUT2D eigenvalue weighted by atomic mass is 9.30. The first-order chi connectivity index (χ1) is 19.2. The quantitative estimate of drug-likeness (QED) is 0.214. The van der Waals surface area contributed by atoms with Gasteiger partial charge in [-0.2, -0.15) is 0 Å². The molecule has 0 saturated carbocycles. The second kappa shape index (κ2) is 8.34. The highest BCUT2D eigenvalue weighted by atomic mass is 15.2. The lowest BCUT2D eigenvalue weighted by molar-refractivity contribution is 0.332. The fourth-order valence-electron chi connectivity index (χ4n) is 7.78. The van der Waals surface area contributed by atoms with Crippen molar-refractivity contribution in [1.29, 1.82) is 0 Å². The number of hydrogen-bond acceptors (Lipinski definition) is 3. The molecular formula is C37H42BN3. The molecule has 2 aliphatic heterocycles. The van der Waals surface area contributed by atoms with Crippen molar-refractivity contribution in [3.05, 3.63) is 94.9 Å². The maximum atomic E-state index is 5.07. The zero-order valence-corrected chi connectivity index (χ0v) is 26.2. The van der Waals surface area contributed by atoms with Gasteiger partial charge in [0, 0.05) is 16.8 Å². The molecule has 4 aromatic rings. The molecule has 0 N–H and O–H groups in total. The molecule has 0 atom stereocenters. The van der Waals surface area contributed by atoms with Gasteiger partial charge < -0.3 is 0 Å². The van der Waals surface area contributed by atoms with Crippen LogP contribution < -0.4 is 21.3 Å². The summed E-state index contributed by atoms with van der Waals surface area (Å²) < 4.78 is 0. The van der Waals surface area contributed by atoms with Crippen LogP contribution in [-0.4, -0.2) is 16.7 Å². The molecule has 1 aliphatic carbocycles. The monoisotopic (exact) mass is 539 g/mol. The first kappa shape index (κ1) is 26.5. The van der Waals surface area contributed by atoms with E-state index in [1.807, 2.05) is 0 Å². The Kier molecular flexibility index (Phi) is 5.39. The molecule has 0 radical (unpaired) electrons. The van der Waals surface area contributed by atoms with E-state index < -0.39 is 0 Å². The van der Waals surface area contributed by atoms with Gasteiger partial charge in [0.1, 0.15) is 12.1 Å². The lowest BCUT2D eigenvalue weighted by Gasteiger charge is -2.47. The van der Waals surface area contributed by atoms with Gasteiger partial charge in [0.15, 0.2) is 0 Å². The van der Waals surface area contributed by atoms with Gasteiger partial charge in [-0.1, -0.05) is 110 Å². The Labute approximate surface area is 246 Å². The number of fused-ring (bicyclic) bond motifs is 5. The molecule has 1 aromatic heterocycles. The summed E-state index contributed by atoms with van der Waals surface area (Å²) in [7, 11) is 0. The Morgan fingerprint density at radius 2 is 1.37 bits per heavy atom. The Bertz CT molecular complexity index is 1710. The third-order valence-electron chi connectivity index (χ3n) is 10.4. The van der Waals surface area contributed by atoms with Gasteiger partial charge in [0.05, 0.1) is 5.69 Å². The third-order valence-corrected chi connectivity index (χ3v) is 10.4. The van der Waals surface area contributed by atoms with Crippen LogP contribution in [-0.2, 0) is 21.7 Å². The highest BCUT2D eigenvalue weighted by Crippen LogP contribution is 2.49. The Morgan fingerprint density at radius 3 is 2.02 bits per heavy atom. The van der Waals surface area contributed by atoms with E-state index in [4.69, 9.17) is 9.97 Å². The Balaban J connectivity index is 1.58. The molecule has 4 heteroatoms. The van der Waals surface area contributed by atoms with Crippen LogP contribution in [0.1, 0.15) is 103 Å². The molecular weight excluding hydrogens is 497 g/mol. The summed E-state index contributed by atoms with van der Waals surface area (Å²) in [5, 5.41) is 0. The van der Waals surface area contributed by atoms with Crippen molar-refractivity contribution >= 4 is 40.3 Å². The summed E-state index contributed by atoms with van der Waals surface area (Å²) in [6, 6.07) is 23.3. The molecule has 3 aromatic carbocycles. The minimum absolute atomic E-state index is 0.0971. The van der Waals surface area contributed by atoms with Crippen molar-refractivity contribution < 1.29 is 0 Å². The summed E-state index contributed by atoms with van der Waals surface area (Å²) in [6.45, 7) is 21.3. The lowest BCUT2D eigenvalue weighted by Crippen LogP contribution is -2.65. The predicted octanol–water partition coefficient (Wildman–Crippen LogP) is 7.06. The van der Waals surface area contributed by atoms with Crippen LogP contribution in [0.2, 0.25) is 0 Å². The van der Waals surface area contributed by atoms with Gasteiger partial charge in [-0.25, -0.2) is 9.97 Å². The second-order valence-electron chi connectivity index (χ2n) is 15.5. The minimum atomic E-state index is -0.213. The molecule has 208 valence electrons. The first-order valence-corrected chi connectivity index (χ1v) is 15.3. The summed E-state index contributed by atoms with van der Waals surface area (Å²) in [4.78, 5) is 12.5. The molecule has 0 unspecified atom stereocenters. The molecule has 7 rings (SSSR count). The van der Waals surface area contributed by atoms with E-state index in [-0.39, 0.29) is 28.4 Å². The molecule has 3 nitrogen and oxygen atoms in total. The van der Waals surface area contributed by atoms with Crippen LogP contribution in [0.25, 0.3) is 0 Å². The number of aromatic nitrogens is 2. The summed E-state index contributed by atoms with van der Waals surface area (Å²) in [6.07, 6.45) is 4.17. The van der Waals surface area contributed by atoms with E-state index in [9.17, 15) is 0 Å². The molecule has 0 fully saturated rings. The van der Waals surface area contributed by atoms with Gasteiger partial charge >= 0.3 is 0 Å². The summed E-state index contributed by atoms with van der Waals surface area (Å²) in [5.74, 6) is 1.02. The molecule has 0 saturated heterocycles. The molecule has 41 heavy (non-hydrogen) atoms. The van der Waals surface area contributed by atoms with Crippen LogP contribution in [0.4, 0.5) is 17.2 Å². The van der Waals surface area contributed by atoms with Gasteiger partial charge in [-0.05, 0) is 80.5 Å². The Morgan fingerprint density at radius 1 is 0.732 bits per heavy atom. The van der Waals surface area contributed by atoms with Crippen LogP contribution >= 0.6 is 0 Å². The maximum absolute atomic E-state index is 5.07. The van der Waals surface area contributed by atoms with Gasteiger partial charge in [-0.15, -0.1) is 0 Å². The van der Waals surface area contributed by atoms with Crippen LogP contribution in [0.3, 0.4) is 0 Å². The molecule has 0 spiro atoms. The second-order valence-corrected chi connectivity index (χ2v) is 15.5. The molecule has 0 bridgehead atoms. The van der Waals surface area contributed by atoms with Crippen molar-refractivity contribution in [1.82, 2.24) is 9.97 Å². The largest absolute Gasteiger partial charge is 0.296 e. The normalized spacial score (nSPS) is 19.1. The van der Waals surface area contributed by atoms with Crippen LogP contribution in [0, 0.1) is 0 Å². The summed E-state index contributed by atoms with van der Waals surface area (Å²) in [5.41, 5.74) is 13.4. The fraction of sp³-hybridized carbons (Fsp3) is 0.405. The van der Waals surface area contributed by atoms with Gasteiger partial charge in [0.2, 0.25) is 0 Å². The Hall–Kier alpha value is -3.40. The van der Waals surface area contributed by atoms with E-state index in [0.717, 1.165) is 17.2 Å². The maximum Gasteiger partial charge on any atom is 0.251 e. The first-order valence-electron chi connectivity index (χ1n) is 15.3. The number of benzene rings is 3. The van der Waals surface area contributed by atoms with Crippen molar-refractivity contribution in [2.45, 2.75) is 96.8 Å². The van der Waals surface area contributed by atoms with Crippen molar-refractivity contribution in [2.75, 3.05) is 4.90 Å². The molecule has 3 heterocycles. The number of hydrogen-bond donors (Lipinski definition) is 0. The molecule has 0 amide bonds. The van der Waals surface area contributed by atoms with Gasteiger partial charge in [0.25, 0.3) is 6.71 Å². The van der Waals surface area contributed by atoms with E-state index >= 15 is 0 Å². The van der Waals surface area contributed by atoms with Crippen molar-refractivity contribution in [2.24, 2.45) is 0 Å². The average molecular weight is 540 g/mol.